The van der Waals surface area contributed by atoms with E-state index in [1.165, 1.54) is 25.7 Å². The van der Waals surface area contributed by atoms with Crippen molar-refractivity contribution in [1.82, 2.24) is 5.32 Å². The summed E-state index contributed by atoms with van der Waals surface area (Å²) >= 11 is 5.84. The van der Waals surface area contributed by atoms with Crippen molar-refractivity contribution in [3.05, 3.63) is 34.9 Å². The number of hydrogen-bond acceptors (Lipinski definition) is 2. The van der Waals surface area contributed by atoms with Crippen LogP contribution in [0.15, 0.2) is 24.3 Å². The van der Waals surface area contributed by atoms with Crippen LogP contribution < -0.4 is 5.32 Å². The van der Waals surface area contributed by atoms with Crippen molar-refractivity contribution in [3.63, 3.8) is 0 Å². The van der Waals surface area contributed by atoms with E-state index in [2.05, 4.69) is 19.2 Å². The molecule has 0 aliphatic heterocycles. The van der Waals surface area contributed by atoms with E-state index in [0.717, 1.165) is 5.56 Å². The molecule has 0 amide bonds. The summed E-state index contributed by atoms with van der Waals surface area (Å²) < 4.78 is 0. The lowest BCUT2D eigenvalue weighted by Gasteiger charge is -2.35. The molecule has 1 unspecified atom stereocenters. The monoisotopic (exact) mass is 281 g/mol. The molecule has 2 rings (SSSR count). The van der Waals surface area contributed by atoms with Gasteiger partial charge in [0, 0.05) is 17.6 Å². The van der Waals surface area contributed by atoms with Gasteiger partial charge in [0.15, 0.2) is 0 Å². The smallest absolute Gasteiger partial charge is 0.0914 e. The molecule has 0 spiro atoms. The van der Waals surface area contributed by atoms with E-state index in [9.17, 15) is 5.11 Å². The predicted molar refractivity (Wildman–Crippen MR) is 80.5 cm³/mol. The van der Waals surface area contributed by atoms with Crippen LogP contribution in [0.4, 0.5) is 0 Å². The second kappa shape index (κ2) is 6.25. The van der Waals surface area contributed by atoms with Crippen LogP contribution in [0, 0.1) is 5.41 Å². The van der Waals surface area contributed by atoms with E-state index in [0.29, 0.717) is 23.0 Å². The summed E-state index contributed by atoms with van der Waals surface area (Å²) in [6.45, 7) is 5.30. The Bertz CT molecular complexity index is 392. The van der Waals surface area contributed by atoms with Crippen LogP contribution in [0.2, 0.25) is 5.02 Å². The average molecular weight is 282 g/mol. The standard InChI is InChI=1S/C16H24ClNO/c1-16(2)9-7-14(8-10-16)18-11-15(19)12-3-5-13(17)6-4-12/h3-6,14-15,18-19H,7-11H2,1-2H3. The molecule has 2 N–H and O–H groups in total. The van der Waals surface area contributed by atoms with Crippen molar-refractivity contribution in [3.8, 4) is 0 Å². The summed E-state index contributed by atoms with van der Waals surface area (Å²) in [5, 5.41) is 14.3. The highest BCUT2D eigenvalue weighted by atomic mass is 35.5. The third kappa shape index (κ3) is 4.48. The van der Waals surface area contributed by atoms with Crippen LogP contribution in [0.5, 0.6) is 0 Å². The van der Waals surface area contributed by atoms with E-state index in [-0.39, 0.29) is 0 Å². The van der Waals surface area contributed by atoms with Crippen LogP contribution in [-0.2, 0) is 0 Å². The Labute approximate surface area is 121 Å². The number of benzene rings is 1. The van der Waals surface area contributed by atoms with E-state index >= 15 is 0 Å². The molecular formula is C16H24ClNO. The average Bonchev–Trinajstić information content (AvgIpc) is 2.38. The van der Waals surface area contributed by atoms with Gasteiger partial charge in [-0.3, -0.25) is 0 Å². The fraction of sp³-hybridized carbons (Fsp3) is 0.625. The number of halogens is 1. The van der Waals surface area contributed by atoms with Crippen LogP contribution in [0.3, 0.4) is 0 Å². The van der Waals surface area contributed by atoms with Gasteiger partial charge in [-0.15, -0.1) is 0 Å². The minimum Gasteiger partial charge on any atom is -0.387 e. The van der Waals surface area contributed by atoms with E-state index in [4.69, 9.17) is 11.6 Å². The SMILES string of the molecule is CC1(C)CCC(NCC(O)c2ccc(Cl)cc2)CC1. The van der Waals surface area contributed by atoms with Crippen LogP contribution in [0.1, 0.15) is 51.2 Å². The molecule has 1 saturated carbocycles. The maximum atomic E-state index is 10.1. The molecule has 3 heteroatoms. The maximum Gasteiger partial charge on any atom is 0.0914 e. The van der Waals surface area contributed by atoms with Gasteiger partial charge in [-0.05, 0) is 48.8 Å². The molecule has 0 saturated heterocycles. The Balaban J connectivity index is 1.78. The molecule has 0 heterocycles. The van der Waals surface area contributed by atoms with Gasteiger partial charge in [0.1, 0.15) is 0 Å². The summed E-state index contributed by atoms with van der Waals surface area (Å²) in [5.74, 6) is 0. The molecule has 1 aromatic carbocycles. The summed E-state index contributed by atoms with van der Waals surface area (Å²) in [6, 6.07) is 7.97. The van der Waals surface area contributed by atoms with Gasteiger partial charge in [-0.2, -0.15) is 0 Å². The first kappa shape index (κ1) is 14.8. The molecule has 106 valence electrons. The lowest BCUT2D eigenvalue weighted by Crippen LogP contribution is -2.37. The number of nitrogens with one attached hydrogen (secondary N) is 1. The highest BCUT2D eigenvalue weighted by Crippen LogP contribution is 2.35. The summed E-state index contributed by atoms with van der Waals surface area (Å²) in [5.41, 5.74) is 1.42. The zero-order chi connectivity index (χ0) is 13.9. The predicted octanol–water partition coefficient (Wildman–Crippen LogP) is 3.93. The number of aliphatic hydroxyl groups excluding tert-OH is 1. The first-order chi connectivity index (χ1) is 8.96. The van der Waals surface area contributed by atoms with Crippen LogP contribution in [0.25, 0.3) is 0 Å². The molecule has 1 fully saturated rings. The van der Waals surface area contributed by atoms with Crippen molar-refractivity contribution in [2.45, 2.75) is 51.7 Å². The Morgan fingerprint density at radius 1 is 1.26 bits per heavy atom. The second-order valence-corrected chi connectivity index (χ2v) is 6.85. The Hall–Kier alpha value is -0.570. The molecule has 19 heavy (non-hydrogen) atoms. The van der Waals surface area contributed by atoms with Gasteiger partial charge in [-0.1, -0.05) is 37.6 Å². The first-order valence-corrected chi connectivity index (χ1v) is 7.51. The quantitative estimate of drug-likeness (QED) is 0.876. The minimum absolute atomic E-state index is 0.452. The first-order valence-electron chi connectivity index (χ1n) is 7.13. The number of aliphatic hydroxyl groups is 1. The number of hydrogen-bond donors (Lipinski definition) is 2. The van der Waals surface area contributed by atoms with Gasteiger partial charge in [0.05, 0.1) is 6.10 Å². The summed E-state index contributed by atoms with van der Waals surface area (Å²) in [7, 11) is 0. The topological polar surface area (TPSA) is 32.3 Å². The van der Waals surface area contributed by atoms with Crippen molar-refractivity contribution >= 4 is 11.6 Å². The molecule has 1 aliphatic carbocycles. The third-order valence-corrected chi connectivity index (χ3v) is 4.45. The van der Waals surface area contributed by atoms with E-state index < -0.39 is 6.10 Å². The highest BCUT2D eigenvalue weighted by molar-refractivity contribution is 6.30. The Morgan fingerprint density at radius 3 is 2.42 bits per heavy atom. The molecule has 0 radical (unpaired) electrons. The molecular weight excluding hydrogens is 258 g/mol. The summed E-state index contributed by atoms with van der Waals surface area (Å²) in [6.07, 6.45) is 4.50. The fourth-order valence-electron chi connectivity index (χ4n) is 2.68. The molecule has 2 nitrogen and oxygen atoms in total. The fourth-order valence-corrected chi connectivity index (χ4v) is 2.81. The Morgan fingerprint density at radius 2 is 1.84 bits per heavy atom. The van der Waals surface area contributed by atoms with Crippen molar-refractivity contribution in [1.29, 1.82) is 0 Å². The van der Waals surface area contributed by atoms with Crippen molar-refractivity contribution < 1.29 is 5.11 Å². The van der Waals surface area contributed by atoms with E-state index in [1.54, 1.807) is 0 Å². The van der Waals surface area contributed by atoms with Gasteiger partial charge in [0.2, 0.25) is 0 Å². The molecule has 0 aromatic heterocycles. The van der Waals surface area contributed by atoms with E-state index in [1.807, 2.05) is 24.3 Å². The molecule has 0 bridgehead atoms. The molecule has 1 aliphatic rings. The zero-order valence-electron chi connectivity index (χ0n) is 11.8. The van der Waals surface area contributed by atoms with Gasteiger partial charge in [0.25, 0.3) is 0 Å². The highest BCUT2D eigenvalue weighted by Gasteiger charge is 2.26. The van der Waals surface area contributed by atoms with Crippen molar-refractivity contribution in [2.24, 2.45) is 5.41 Å². The molecule has 1 atom stereocenters. The van der Waals surface area contributed by atoms with Gasteiger partial charge in [-0.25, -0.2) is 0 Å². The zero-order valence-corrected chi connectivity index (χ0v) is 12.6. The summed E-state index contributed by atoms with van der Waals surface area (Å²) in [4.78, 5) is 0. The largest absolute Gasteiger partial charge is 0.387 e. The van der Waals surface area contributed by atoms with Crippen LogP contribution >= 0.6 is 11.6 Å². The lowest BCUT2D eigenvalue weighted by atomic mass is 9.75. The lowest BCUT2D eigenvalue weighted by molar-refractivity contribution is 0.152. The van der Waals surface area contributed by atoms with Gasteiger partial charge < -0.3 is 10.4 Å². The van der Waals surface area contributed by atoms with Crippen molar-refractivity contribution in [2.75, 3.05) is 6.54 Å². The molecule has 1 aromatic rings. The second-order valence-electron chi connectivity index (χ2n) is 6.41. The number of rotatable bonds is 4. The maximum absolute atomic E-state index is 10.1. The van der Waals surface area contributed by atoms with Gasteiger partial charge >= 0.3 is 0 Å². The van der Waals surface area contributed by atoms with Crippen LogP contribution in [-0.4, -0.2) is 17.7 Å². The Kier molecular flexibility index (Phi) is 4.88. The normalized spacial score (nSPS) is 21.3. The minimum atomic E-state index is -0.452. The third-order valence-electron chi connectivity index (χ3n) is 4.19.